The fourth-order valence-electron chi connectivity index (χ4n) is 3.27. The molecule has 1 aliphatic carbocycles. The van der Waals surface area contributed by atoms with Gasteiger partial charge in [-0.15, -0.1) is 0 Å². The Kier molecular flexibility index (Phi) is 6.37. The molecule has 2 nitrogen and oxygen atoms in total. The van der Waals surface area contributed by atoms with E-state index in [0.29, 0.717) is 0 Å². The molecule has 0 aromatic rings. The van der Waals surface area contributed by atoms with E-state index in [4.69, 9.17) is 9.47 Å². The minimum atomic E-state index is 0.288. The third kappa shape index (κ3) is 3.46. The molecule has 1 rings (SSSR count). The highest BCUT2D eigenvalue weighted by Gasteiger charge is 2.39. The van der Waals surface area contributed by atoms with Crippen LogP contribution in [-0.4, -0.2) is 27.4 Å². The van der Waals surface area contributed by atoms with Gasteiger partial charge < -0.3 is 9.47 Å². The molecule has 1 aliphatic rings. The van der Waals surface area contributed by atoms with E-state index in [2.05, 4.69) is 6.92 Å². The summed E-state index contributed by atoms with van der Waals surface area (Å²) < 4.78 is 11.0. The second kappa shape index (κ2) is 7.29. The lowest BCUT2D eigenvalue weighted by Gasteiger charge is -2.38. The van der Waals surface area contributed by atoms with Gasteiger partial charge in [-0.25, -0.2) is 0 Å². The Morgan fingerprint density at radius 2 is 1.62 bits per heavy atom. The Balaban J connectivity index is 2.67. The molecule has 0 unspecified atom stereocenters. The van der Waals surface area contributed by atoms with Crippen LogP contribution in [0.25, 0.3) is 0 Å². The highest BCUT2D eigenvalue weighted by atomic mass is 16.5. The lowest BCUT2D eigenvalue weighted by molar-refractivity contribution is -0.0355. The summed E-state index contributed by atoms with van der Waals surface area (Å²) in [5.41, 5.74) is 0.288. The van der Waals surface area contributed by atoms with Gasteiger partial charge in [0.1, 0.15) is 0 Å². The van der Waals surface area contributed by atoms with E-state index in [0.717, 1.165) is 19.1 Å². The van der Waals surface area contributed by atoms with Crippen LogP contribution in [0.1, 0.15) is 51.9 Å². The first-order chi connectivity index (χ1) is 7.79. The molecule has 96 valence electrons. The topological polar surface area (TPSA) is 18.5 Å². The molecule has 0 heterocycles. The Hall–Kier alpha value is -0.0800. The maximum Gasteiger partial charge on any atom is 0.0543 e. The monoisotopic (exact) mass is 228 g/mol. The van der Waals surface area contributed by atoms with Crippen LogP contribution in [-0.2, 0) is 9.47 Å². The second-order valence-electron chi connectivity index (χ2n) is 5.31. The van der Waals surface area contributed by atoms with Gasteiger partial charge in [-0.3, -0.25) is 0 Å². The molecule has 1 saturated carbocycles. The van der Waals surface area contributed by atoms with E-state index < -0.39 is 0 Å². The zero-order valence-corrected chi connectivity index (χ0v) is 11.3. The van der Waals surface area contributed by atoms with Crippen LogP contribution in [0.2, 0.25) is 0 Å². The van der Waals surface area contributed by atoms with Crippen LogP contribution in [0.3, 0.4) is 0 Å². The zero-order chi connectivity index (χ0) is 11.9. The number of hydrogen-bond acceptors (Lipinski definition) is 2. The fraction of sp³-hybridized carbons (Fsp3) is 1.00. The first kappa shape index (κ1) is 14.0. The Morgan fingerprint density at radius 3 is 2.06 bits per heavy atom. The fourth-order valence-corrected chi connectivity index (χ4v) is 3.27. The highest BCUT2D eigenvalue weighted by Crippen LogP contribution is 2.43. The van der Waals surface area contributed by atoms with Crippen LogP contribution in [0.15, 0.2) is 0 Å². The van der Waals surface area contributed by atoms with Crippen molar-refractivity contribution in [2.75, 3.05) is 27.4 Å². The third-order valence-corrected chi connectivity index (χ3v) is 4.11. The van der Waals surface area contributed by atoms with E-state index in [1.807, 2.05) is 14.2 Å². The average molecular weight is 228 g/mol. The van der Waals surface area contributed by atoms with Crippen molar-refractivity contribution in [3.8, 4) is 0 Å². The Labute approximate surface area is 101 Å². The SMILES string of the molecule is CCCCC(COC)(COC)C1CCCC1. The standard InChI is InChI=1S/C14H28O2/c1-4-5-10-14(11-15-2,12-16-3)13-8-6-7-9-13/h13H,4-12H2,1-3H3. The number of rotatable bonds is 8. The van der Waals surface area contributed by atoms with Crippen LogP contribution < -0.4 is 0 Å². The molecule has 0 bridgehead atoms. The molecule has 0 saturated heterocycles. The van der Waals surface area contributed by atoms with Gasteiger partial charge in [-0.1, -0.05) is 32.6 Å². The van der Waals surface area contributed by atoms with Crippen molar-refractivity contribution in [3.63, 3.8) is 0 Å². The van der Waals surface area contributed by atoms with E-state index in [9.17, 15) is 0 Å². The molecule has 0 aliphatic heterocycles. The smallest absolute Gasteiger partial charge is 0.0543 e. The number of unbranched alkanes of at least 4 members (excludes halogenated alkanes) is 1. The number of ether oxygens (including phenoxy) is 2. The molecule has 0 aromatic carbocycles. The minimum Gasteiger partial charge on any atom is -0.384 e. The summed E-state index contributed by atoms with van der Waals surface area (Å²) >= 11 is 0. The molecule has 1 fully saturated rings. The van der Waals surface area contributed by atoms with Crippen LogP contribution >= 0.6 is 0 Å². The van der Waals surface area contributed by atoms with Gasteiger partial charge in [-0.05, 0) is 25.2 Å². The van der Waals surface area contributed by atoms with Gasteiger partial charge in [0.2, 0.25) is 0 Å². The van der Waals surface area contributed by atoms with E-state index >= 15 is 0 Å². The number of methoxy groups -OCH3 is 2. The van der Waals surface area contributed by atoms with Gasteiger partial charge in [0, 0.05) is 19.6 Å². The van der Waals surface area contributed by atoms with E-state index in [-0.39, 0.29) is 5.41 Å². The normalized spacial score (nSPS) is 18.2. The summed E-state index contributed by atoms with van der Waals surface area (Å²) in [6.45, 7) is 4.00. The first-order valence-electron chi connectivity index (χ1n) is 6.77. The molecule has 0 aromatic heterocycles. The van der Waals surface area contributed by atoms with Crippen molar-refractivity contribution in [1.82, 2.24) is 0 Å². The summed E-state index contributed by atoms with van der Waals surface area (Å²) in [5, 5.41) is 0. The molecule has 0 amide bonds. The minimum absolute atomic E-state index is 0.288. The average Bonchev–Trinajstić information content (AvgIpc) is 2.80. The van der Waals surface area contributed by atoms with Gasteiger partial charge in [0.25, 0.3) is 0 Å². The quantitative estimate of drug-likeness (QED) is 0.631. The number of hydrogen-bond donors (Lipinski definition) is 0. The molecular weight excluding hydrogens is 200 g/mol. The maximum atomic E-state index is 5.49. The lowest BCUT2D eigenvalue weighted by Crippen LogP contribution is -2.38. The van der Waals surface area contributed by atoms with Gasteiger partial charge in [-0.2, -0.15) is 0 Å². The largest absolute Gasteiger partial charge is 0.384 e. The summed E-state index contributed by atoms with van der Waals surface area (Å²) in [5.74, 6) is 0.818. The summed E-state index contributed by atoms with van der Waals surface area (Å²) in [7, 11) is 3.65. The second-order valence-corrected chi connectivity index (χ2v) is 5.31. The predicted octanol–water partition coefficient (Wildman–Crippen LogP) is 3.65. The van der Waals surface area contributed by atoms with Crippen molar-refractivity contribution >= 4 is 0 Å². The molecule has 16 heavy (non-hydrogen) atoms. The molecule has 0 radical (unpaired) electrons. The lowest BCUT2D eigenvalue weighted by atomic mass is 9.72. The molecule has 0 spiro atoms. The van der Waals surface area contributed by atoms with Crippen molar-refractivity contribution in [2.45, 2.75) is 51.9 Å². The summed E-state index contributed by atoms with van der Waals surface area (Å²) in [4.78, 5) is 0. The Bertz CT molecular complexity index is 168. The van der Waals surface area contributed by atoms with Crippen LogP contribution in [0.4, 0.5) is 0 Å². The van der Waals surface area contributed by atoms with Crippen molar-refractivity contribution in [1.29, 1.82) is 0 Å². The zero-order valence-electron chi connectivity index (χ0n) is 11.3. The van der Waals surface area contributed by atoms with Crippen LogP contribution in [0, 0.1) is 11.3 Å². The third-order valence-electron chi connectivity index (χ3n) is 4.11. The predicted molar refractivity (Wildman–Crippen MR) is 67.7 cm³/mol. The molecule has 0 atom stereocenters. The van der Waals surface area contributed by atoms with Crippen molar-refractivity contribution < 1.29 is 9.47 Å². The van der Waals surface area contributed by atoms with Crippen molar-refractivity contribution in [3.05, 3.63) is 0 Å². The van der Waals surface area contributed by atoms with Gasteiger partial charge >= 0.3 is 0 Å². The maximum absolute atomic E-state index is 5.49. The highest BCUT2D eigenvalue weighted by molar-refractivity contribution is 4.89. The molecular formula is C14H28O2. The molecule has 2 heteroatoms. The first-order valence-corrected chi connectivity index (χ1v) is 6.77. The van der Waals surface area contributed by atoms with E-state index in [1.165, 1.54) is 44.9 Å². The summed E-state index contributed by atoms with van der Waals surface area (Å²) in [6, 6.07) is 0. The summed E-state index contributed by atoms with van der Waals surface area (Å²) in [6.07, 6.45) is 9.35. The van der Waals surface area contributed by atoms with Crippen LogP contribution in [0.5, 0.6) is 0 Å². The van der Waals surface area contributed by atoms with E-state index in [1.54, 1.807) is 0 Å². The Morgan fingerprint density at radius 1 is 1.06 bits per heavy atom. The molecule has 0 N–H and O–H groups in total. The van der Waals surface area contributed by atoms with Gasteiger partial charge in [0.05, 0.1) is 13.2 Å². The van der Waals surface area contributed by atoms with Crippen molar-refractivity contribution in [2.24, 2.45) is 11.3 Å². The van der Waals surface area contributed by atoms with Gasteiger partial charge in [0.15, 0.2) is 0 Å².